The highest BCUT2D eigenvalue weighted by molar-refractivity contribution is 5.96. The summed E-state index contributed by atoms with van der Waals surface area (Å²) in [6.45, 7) is 7.55. The minimum atomic E-state index is -0.631. The SMILES string of the molecule is CCCCCCCCOc1ccc(C(=O)Oc2ccc(C(=O)Oc3ccc(C(=O)N4CCOCCN(C(=O)c5ccc(OC(=O)c6ccc(OC(=O)c7ccc(OCCCCCCCC)cc7)cc6)cc5)CCOCC4)cc3)cc2)cc1. The molecule has 0 N–H and O–H groups in total. The van der Waals surface area contributed by atoms with Gasteiger partial charge in [-0.2, -0.15) is 0 Å². The van der Waals surface area contributed by atoms with Gasteiger partial charge in [-0.25, -0.2) is 19.2 Å². The van der Waals surface area contributed by atoms with Gasteiger partial charge in [0.15, 0.2) is 0 Å². The largest absolute Gasteiger partial charge is 0.494 e. The summed E-state index contributed by atoms with van der Waals surface area (Å²) >= 11 is 0. The van der Waals surface area contributed by atoms with E-state index < -0.39 is 23.9 Å². The number of hydrogen-bond acceptors (Lipinski definition) is 14. The summed E-state index contributed by atoms with van der Waals surface area (Å²) < 4.78 is 45.6. The number of unbranched alkanes of at least 4 members (excludes halogenated alkanes) is 10. The average molecular weight is 1120 g/mol. The molecule has 0 bridgehead atoms. The number of ether oxygens (including phenoxy) is 8. The zero-order valence-corrected chi connectivity index (χ0v) is 47.0. The predicted molar refractivity (Wildman–Crippen MR) is 310 cm³/mol. The highest BCUT2D eigenvalue weighted by Gasteiger charge is 2.21. The molecule has 0 unspecified atom stereocenters. The lowest BCUT2D eigenvalue weighted by molar-refractivity contribution is 0.0304. The van der Waals surface area contributed by atoms with Crippen molar-refractivity contribution in [2.75, 3.05) is 65.8 Å². The van der Waals surface area contributed by atoms with E-state index in [2.05, 4.69) is 13.8 Å². The fraction of sp³-hybridized carbons (Fsp3) is 0.364. The topological polar surface area (TPSA) is 183 Å². The molecule has 0 radical (unpaired) electrons. The zero-order chi connectivity index (χ0) is 57.7. The summed E-state index contributed by atoms with van der Waals surface area (Å²) in [5.41, 5.74) is 1.95. The van der Waals surface area contributed by atoms with Crippen molar-refractivity contribution < 1.29 is 66.7 Å². The molecule has 6 aromatic carbocycles. The molecule has 1 aliphatic rings. The Hall–Kier alpha value is -8.34. The Morgan fingerprint density at radius 2 is 0.549 bits per heavy atom. The van der Waals surface area contributed by atoms with Crippen molar-refractivity contribution in [2.24, 2.45) is 0 Å². The first-order chi connectivity index (χ1) is 40.1. The summed E-state index contributed by atoms with van der Waals surface area (Å²) in [5.74, 6) is -0.494. The molecule has 1 aliphatic heterocycles. The van der Waals surface area contributed by atoms with Crippen LogP contribution in [0.1, 0.15) is 153 Å². The average Bonchev–Trinajstić information content (AvgIpc) is 3.52. The van der Waals surface area contributed by atoms with Crippen molar-refractivity contribution in [1.29, 1.82) is 0 Å². The molecule has 1 fully saturated rings. The van der Waals surface area contributed by atoms with Crippen LogP contribution in [0.15, 0.2) is 146 Å². The van der Waals surface area contributed by atoms with Gasteiger partial charge in [-0.1, -0.05) is 78.1 Å². The van der Waals surface area contributed by atoms with Gasteiger partial charge in [0.25, 0.3) is 11.8 Å². The van der Waals surface area contributed by atoms with E-state index in [9.17, 15) is 28.8 Å². The minimum absolute atomic E-state index is 0.210. The van der Waals surface area contributed by atoms with E-state index in [0.717, 1.165) is 25.7 Å². The Kier molecular flexibility index (Phi) is 25.0. The molecule has 432 valence electrons. The fourth-order valence-corrected chi connectivity index (χ4v) is 8.73. The number of rotatable bonds is 26. The summed E-state index contributed by atoms with van der Waals surface area (Å²) in [6.07, 6.45) is 14.1. The molecular formula is C66H74N2O14. The second-order valence-corrected chi connectivity index (χ2v) is 19.7. The number of benzene rings is 6. The molecule has 7 rings (SSSR count). The van der Waals surface area contributed by atoms with E-state index in [1.54, 1.807) is 107 Å². The molecule has 0 spiro atoms. The van der Waals surface area contributed by atoms with Crippen molar-refractivity contribution >= 4 is 35.7 Å². The van der Waals surface area contributed by atoms with Gasteiger partial charge in [-0.05, 0) is 158 Å². The summed E-state index contributed by atoms with van der Waals surface area (Å²) in [6, 6.07) is 38.1. The molecule has 0 saturated carbocycles. The molecule has 16 heteroatoms. The Morgan fingerprint density at radius 1 is 0.317 bits per heavy atom. The first-order valence-electron chi connectivity index (χ1n) is 28.6. The van der Waals surface area contributed by atoms with Crippen LogP contribution in [-0.2, 0) is 9.47 Å². The van der Waals surface area contributed by atoms with Crippen molar-refractivity contribution in [2.45, 2.75) is 90.9 Å². The van der Waals surface area contributed by atoms with Gasteiger partial charge < -0.3 is 47.7 Å². The number of amides is 2. The number of esters is 4. The molecule has 2 amide bonds. The summed E-state index contributed by atoms with van der Waals surface area (Å²) in [7, 11) is 0. The van der Waals surface area contributed by atoms with Crippen molar-refractivity contribution in [3.05, 3.63) is 179 Å². The quantitative estimate of drug-likeness (QED) is 0.0284. The van der Waals surface area contributed by atoms with Gasteiger partial charge in [0.1, 0.15) is 34.5 Å². The monoisotopic (exact) mass is 1120 g/mol. The molecule has 1 saturated heterocycles. The van der Waals surface area contributed by atoms with Gasteiger partial charge >= 0.3 is 23.9 Å². The Labute approximate surface area is 480 Å². The molecule has 0 aliphatic carbocycles. The maximum Gasteiger partial charge on any atom is 0.343 e. The second-order valence-electron chi connectivity index (χ2n) is 19.7. The highest BCUT2D eigenvalue weighted by Crippen LogP contribution is 2.23. The second kappa shape index (κ2) is 33.4. The van der Waals surface area contributed by atoms with E-state index >= 15 is 0 Å². The Balaban J connectivity index is 0.791. The fourth-order valence-electron chi connectivity index (χ4n) is 8.73. The van der Waals surface area contributed by atoms with E-state index in [1.165, 1.54) is 99.9 Å². The van der Waals surface area contributed by atoms with Crippen LogP contribution in [0.5, 0.6) is 34.5 Å². The van der Waals surface area contributed by atoms with E-state index in [1.807, 2.05) is 0 Å². The number of carbonyl (C=O) groups is 6. The van der Waals surface area contributed by atoms with Crippen LogP contribution in [0.2, 0.25) is 0 Å². The van der Waals surface area contributed by atoms with Gasteiger partial charge in [-0.3, -0.25) is 9.59 Å². The standard InChI is InChI=1S/C66H74N2O14/c1-3-5-7-9-11-13-43-77-55-27-19-51(20-28-55)63(71)81-59-35-23-53(24-36-59)65(73)79-57-31-15-49(16-32-57)61(69)67-39-45-75-47-41-68(42-48-76-46-40-67)62(70)50-17-33-58(34-18-50)80-66(74)54-25-37-60(38-26-54)82-64(72)52-21-29-56(30-22-52)78-44-14-12-10-8-6-4-2/h15-38H,3-14,39-48H2,1-2H3. The van der Waals surface area contributed by atoms with E-state index in [0.29, 0.717) is 47.0 Å². The first kappa shape index (κ1) is 61.3. The molecule has 16 nitrogen and oxygen atoms in total. The minimum Gasteiger partial charge on any atom is -0.494 e. The lowest BCUT2D eigenvalue weighted by atomic mass is 10.1. The van der Waals surface area contributed by atoms with Crippen molar-refractivity contribution in [3.8, 4) is 34.5 Å². The Bertz CT molecular complexity index is 2730. The lowest BCUT2D eigenvalue weighted by Gasteiger charge is -2.26. The van der Waals surface area contributed by atoms with Crippen LogP contribution in [-0.4, -0.2) is 111 Å². The van der Waals surface area contributed by atoms with E-state index in [-0.39, 0.29) is 98.5 Å². The number of nitrogens with zero attached hydrogens (tertiary/aromatic N) is 2. The van der Waals surface area contributed by atoms with Crippen molar-refractivity contribution in [1.82, 2.24) is 9.80 Å². The summed E-state index contributed by atoms with van der Waals surface area (Å²) in [4.78, 5) is 82.1. The zero-order valence-electron chi connectivity index (χ0n) is 47.0. The van der Waals surface area contributed by atoms with Crippen LogP contribution >= 0.6 is 0 Å². The third kappa shape index (κ3) is 20.0. The van der Waals surface area contributed by atoms with Crippen LogP contribution in [0, 0.1) is 0 Å². The summed E-state index contributed by atoms with van der Waals surface area (Å²) in [5, 5.41) is 0. The van der Waals surface area contributed by atoms with E-state index in [4.69, 9.17) is 37.9 Å². The predicted octanol–water partition coefficient (Wildman–Crippen LogP) is 12.7. The van der Waals surface area contributed by atoms with Crippen LogP contribution in [0.25, 0.3) is 0 Å². The van der Waals surface area contributed by atoms with Gasteiger partial charge in [0.2, 0.25) is 0 Å². The smallest absolute Gasteiger partial charge is 0.343 e. The normalized spacial score (nSPS) is 13.0. The van der Waals surface area contributed by atoms with Gasteiger partial charge in [0, 0.05) is 37.3 Å². The third-order valence-electron chi connectivity index (χ3n) is 13.5. The van der Waals surface area contributed by atoms with Gasteiger partial charge in [0.05, 0.1) is 61.9 Å². The Morgan fingerprint density at radius 3 is 0.817 bits per heavy atom. The maximum absolute atomic E-state index is 13.6. The number of carbonyl (C=O) groups excluding carboxylic acids is 6. The molecule has 0 aromatic heterocycles. The lowest BCUT2D eigenvalue weighted by Crippen LogP contribution is -2.40. The van der Waals surface area contributed by atoms with Crippen LogP contribution in [0.3, 0.4) is 0 Å². The maximum atomic E-state index is 13.6. The molecule has 0 atom stereocenters. The molecule has 1 heterocycles. The number of hydrogen-bond donors (Lipinski definition) is 0. The molecular weight excluding hydrogens is 1040 g/mol. The van der Waals surface area contributed by atoms with Crippen LogP contribution < -0.4 is 28.4 Å². The van der Waals surface area contributed by atoms with Crippen molar-refractivity contribution in [3.63, 3.8) is 0 Å². The highest BCUT2D eigenvalue weighted by atomic mass is 16.5. The van der Waals surface area contributed by atoms with Crippen LogP contribution in [0.4, 0.5) is 0 Å². The third-order valence-corrected chi connectivity index (χ3v) is 13.5. The van der Waals surface area contributed by atoms with Gasteiger partial charge in [-0.15, -0.1) is 0 Å². The molecule has 6 aromatic rings. The first-order valence-corrected chi connectivity index (χ1v) is 28.6. The molecule has 82 heavy (non-hydrogen) atoms.